The molecule has 0 aromatic carbocycles. The summed E-state index contributed by atoms with van der Waals surface area (Å²) in [7, 11) is 0. The summed E-state index contributed by atoms with van der Waals surface area (Å²) in [5.41, 5.74) is -2.80. The fraction of sp³-hybridized carbons (Fsp3) is 0.923. The molecular formula is C13H26O3. The van der Waals surface area contributed by atoms with Gasteiger partial charge in [0, 0.05) is 0 Å². The van der Waals surface area contributed by atoms with Crippen molar-refractivity contribution in [3.8, 4) is 0 Å². The van der Waals surface area contributed by atoms with E-state index >= 15 is 0 Å². The number of hydrogen-bond donors (Lipinski definition) is 2. The first-order valence-electron chi connectivity index (χ1n) is 6.27. The Hall–Kier alpha value is -0.410. The van der Waals surface area contributed by atoms with Gasteiger partial charge in [-0.25, -0.2) is 0 Å². The Balaban J connectivity index is 4.26. The number of hydrogen-bond acceptors (Lipinski definition) is 3. The minimum absolute atomic E-state index is 0.330. The molecule has 3 heteroatoms. The normalized spacial score (nSPS) is 18.9. The van der Waals surface area contributed by atoms with E-state index in [4.69, 9.17) is 0 Å². The lowest BCUT2D eigenvalue weighted by atomic mass is 9.83. The molecule has 0 unspecified atom stereocenters. The van der Waals surface area contributed by atoms with Gasteiger partial charge in [-0.3, -0.25) is 4.79 Å². The molecule has 0 heterocycles. The SMILES string of the molecule is CCCCCC[C@](C)(O)C(=O)[C@@](C)(O)CC. The maximum atomic E-state index is 11.9. The van der Waals surface area contributed by atoms with Crippen LogP contribution in [0, 0.1) is 0 Å². The smallest absolute Gasteiger partial charge is 0.195 e. The molecule has 0 aromatic heterocycles. The van der Waals surface area contributed by atoms with Crippen molar-refractivity contribution >= 4 is 5.78 Å². The zero-order valence-corrected chi connectivity index (χ0v) is 11.0. The number of carbonyl (C=O) groups is 1. The highest BCUT2D eigenvalue weighted by atomic mass is 16.3. The highest BCUT2D eigenvalue weighted by molar-refractivity contribution is 5.93. The van der Waals surface area contributed by atoms with Gasteiger partial charge in [-0.2, -0.15) is 0 Å². The van der Waals surface area contributed by atoms with Gasteiger partial charge < -0.3 is 10.2 Å². The maximum absolute atomic E-state index is 11.9. The van der Waals surface area contributed by atoms with Gasteiger partial charge in [-0.15, -0.1) is 0 Å². The molecule has 0 aliphatic rings. The fourth-order valence-electron chi connectivity index (χ4n) is 1.75. The van der Waals surface area contributed by atoms with Crippen LogP contribution in [-0.4, -0.2) is 27.2 Å². The zero-order chi connectivity index (χ0) is 12.8. The molecule has 2 atom stereocenters. The Labute approximate surface area is 98.9 Å². The summed E-state index contributed by atoms with van der Waals surface area (Å²) in [5, 5.41) is 19.9. The van der Waals surface area contributed by atoms with E-state index in [9.17, 15) is 15.0 Å². The highest BCUT2D eigenvalue weighted by Gasteiger charge is 2.40. The van der Waals surface area contributed by atoms with E-state index < -0.39 is 17.0 Å². The second-order valence-corrected chi connectivity index (χ2v) is 5.04. The Bertz CT molecular complexity index is 219. The van der Waals surface area contributed by atoms with Crippen LogP contribution >= 0.6 is 0 Å². The molecule has 0 rings (SSSR count). The summed E-state index contributed by atoms with van der Waals surface area (Å²) in [6.07, 6.45) is 4.86. The van der Waals surface area contributed by atoms with Crippen molar-refractivity contribution in [1.29, 1.82) is 0 Å². The lowest BCUT2D eigenvalue weighted by Gasteiger charge is -2.30. The van der Waals surface area contributed by atoms with Crippen LogP contribution in [0.25, 0.3) is 0 Å². The minimum atomic E-state index is -1.41. The van der Waals surface area contributed by atoms with Crippen molar-refractivity contribution in [2.45, 2.75) is 77.4 Å². The predicted molar refractivity (Wildman–Crippen MR) is 65.3 cm³/mol. The molecule has 2 N–H and O–H groups in total. The highest BCUT2D eigenvalue weighted by Crippen LogP contribution is 2.24. The summed E-state index contributed by atoms with van der Waals surface area (Å²) in [4.78, 5) is 11.9. The first-order chi connectivity index (χ1) is 7.28. The molecule has 16 heavy (non-hydrogen) atoms. The van der Waals surface area contributed by atoms with E-state index in [0.29, 0.717) is 12.8 Å². The maximum Gasteiger partial charge on any atom is 0.195 e. The number of Topliss-reactive ketones (excluding diaryl/α,β-unsaturated/α-hetero) is 1. The van der Waals surface area contributed by atoms with E-state index in [1.54, 1.807) is 6.92 Å². The molecule has 0 aromatic rings. The van der Waals surface area contributed by atoms with Gasteiger partial charge in [0.1, 0.15) is 11.2 Å². The predicted octanol–water partition coefficient (Wildman–Crippen LogP) is 2.44. The molecule has 3 nitrogen and oxygen atoms in total. The third-order valence-electron chi connectivity index (χ3n) is 3.18. The van der Waals surface area contributed by atoms with Gasteiger partial charge in [0.15, 0.2) is 5.78 Å². The summed E-state index contributed by atoms with van der Waals surface area (Å²) < 4.78 is 0. The molecular weight excluding hydrogens is 204 g/mol. The lowest BCUT2D eigenvalue weighted by molar-refractivity contribution is -0.154. The molecule has 0 radical (unpaired) electrons. The summed E-state index contributed by atoms with van der Waals surface area (Å²) in [5.74, 6) is -0.459. The minimum Gasteiger partial charge on any atom is -0.382 e. The molecule has 0 aliphatic carbocycles. The third-order valence-corrected chi connectivity index (χ3v) is 3.18. The number of rotatable bonds is 8. The van der Waals surface area contributed by atoms with Crippen molar-refractivity contribution in [2.24, 2.45) is 0 Å². The van der Waals surface area contributed by atoms with Crippen molar-refractivity contribution < 1.29 is 15.0 Å². The molecule has 0 saturated carbocycles. The van der Waals surface area contributed by atoms with Crippen LogP contribution in [0.3, 0.4) is 0 Å². The van der Waals surface area contributed by atoms with Crippen molar-refractivity contribution in [3.63, 3.8) is 0 Å². The molecule has 0 fully saturated rings. The van der Waals surface area contributed by atoms with Gasteiger partial charge in [-0.1, -0.05) is 39.5 Å². The number of carbonyl (C=O) groups excluding carboxylic acids is 1. The second-order valence-electron chi connectivity index (χ2n) is 5.04. The van der Waals surface area contributed by atoms with Crippen molar-refractivity contribution in [3.05, 3.63) is 0 Å². The van der Waals surface area contributed by atoms with E-state index in [1.165, 1.54) is 13.8 Å². The number of ketones is 1. The van der Waals surface area contributed by atoms with Crippen LogP contribution in [-0.2, 0) is 4.79 Å². The quantitative estimate of drug-likeness (QED) is 0.630. The van der Waals surface area contributed by atoms with Crippen LogP contribution in [0.4, 0.5) is 0 Å². The van der Waals surface area contributed by atoms with Gasteiger partial charge in [0.2, 0.25) is 0 Å². The topological polar surface area (TPSA) is 57.5 Å². The van der Waals surface area contributed by atoms with Crippen LogP contribution < -0.4 is 0 Å². The first kappa shape index (κ1) is 15.6. The summed E-state index contributed by atoms with van der Waals surface area (Å²) >= 11 is 0. The lowest BCUT2D eigenvalue weighted by Crippen LogP contribution is -2.49. The first-order valence-corrected chi connectivity index (χ1v) is 6.27. The molecule has 0 spiro atoms. The van der Waals surface area contributed by atoms with Gasteiger partial charge in [-0.05, 0) is 26.7 Å². The van der Waals surface area contributed by atoms with E-state index in [-0.39, 0.29) is 0 Å². The van der Waals surface area contributed by atoms with E-state index in [1.807, 2.05) is 0 Å². The zero-order valence-electron chi connectivity index (χ0n) is 11.0. The largest absolute Gasteiger partial charge is 0.382 e. The Morgan fingerprint density at radius 2 is 1.56 bits per heavy atom. The standard InChI is InChI=1S/C13H26O3/c1-5-7-8-9-10-13(4,16)11(14)12(3,15)6-2/h15-16H,5-10H2,1-4H3/t12-,13-/m0/s1. The van der Waals surface area contributed by atoms with E-state index in [0.717, 1.165) is 25.7 Å². The second kappa shape index (κ2) is 6.36. The number of aliphatic hydroxyl groups is 2. The third kappa shape index (κ3) is 4.62. The number of unbranched alkanes of at least 4 members (excludes halogenated alkanes) is 3. The Morgan fingerprint density at radius 1 is 1.00 bits per heavy atom. The average Bonchev–Trinajstić information content (AvgIpc) is 2.23. The average molecular weight is 230 g/mol. The Morgan fingerprint density at radius 3 is 2.00 bits per heavy atom. The van der Waals surface area contributed by atoms with Crippen LogP contribution in [0.15, 0.2) is 0 Å². The van der Waals surface area contributed by atoms with Crippen molar-refractivity contribution in [2.75, 3.05) is 0 Å². The molecule has 0 saturated heterocycles. The van der Waals surface area contributed by atoms with Crippen molar-refractivity contribution in [1.82, 2.24) is 0 Å². The Kier molecular flexibility index (Phi) is 6.19. The van der Waals surface area contributed by atoms with Crippen LogP contribution in [0.5, 0.6) is 0 Å². The monoisotopic (exact) mass is 230 g/mol. The molecule has 0 aliphatic heterocycles. The van der Waals surface area contributed by atoms with Gasteiger partial charge >= 0.3 is 0 Å². The molecule has 0 amide bonds. The van der Waals surface area contributed by atoms with Gasteiger partial charge in [0.05, 0.1) is 0 Å². The van der Waals surface area contributed by atoms with Crippen LogP contribution in [0.1, 0.15) is 66.2 Å². The summed E-state index contributed by atoms with van der Waals surface area (Å²) in [6, 6.07) is 0. The molecule has 0 bridgehead atoms. The fourth-order valence-corrected chi connectivity index (χ4v) is 1.75. The van der Waals surface area contributed by atoms with Gasteiger partial charge in [0.25, 0.3) is 0 Å². The molecule has 96 valence electrons. The van der Waals surface area contributed by atoms with Crippen LogP contribution in [0.2, 0.25) is 0 Å². The summed E-state index contributed by atoms with van der Waals surface area (Å²) in [6.45, 7) is 6.83. The van der Waals surface area contributed by atoms with E-state index in [2.05, 4.69) is 6.92 Å².